The third-order valence-corrected chi connectivity index (χ3v) is 4.05. The first kappa shape index (κ1) is 16.6. The van der Waals surface area contributed by atoms with Crippen LogP contribution in [0.4, 0.5) is 0 Å². The Morgan fingerprint density at radius 1 is 1.24 bits per heavy atom. The molecule has 25 heavy (non-hydrogen) atoms. The molecular weight excluding hydrogens is 320 g/mol. The topological polar surface area (TPSA) is 111 Å². The van der Waals surface area contributed by atoms with E-state index in [0.29, 0.717) is 22.3 Å². The highest BCUT2D eigenvalue weighted by molar-refractivity contribution is 6.06. The summed E-state index contributed by atoms with van der Waals surface area (Å²) in [6.07, 6.45) is 6.85. The number of aromatic carboxylic acids is 1. The molecule has 0 aliphatic heterocycles. The highest BCUT2D eigenvalue weighted by atomic mass is 16.4. The number of carbonyl (C=O) groups is 2. The number of hydrogen-bond acceptors (Lipinski definition) is 4. The Hall–Kier alpha value is -3.22. The first-order valence-electron chi connectivity index (χ1n) is 7.99. The van der Waals surface area contributed by atoms with Gasteiger partial charge in [0.1, 0.15) is 0 Å². The average Bonchev–Trinajstić information content (AvgIpc) is 2.98. The van der Waals surface area contributed by atoms with Crippen LogP contribution in [0.1, 0.15) is 40.5 Å². The largest absolute Gasteiger partial charge is 0.478 e. The van der Waals surface area contributed by atoms with E-state index in [2.05, 4.69) is 16.9 Å². The van der Waals surface area contributed by atoms with Gasteiger partial charge in [-0.15, -0.1) is 0 Å². The summed E-state index contributed by atoms with van der Waals surface area (Å²) in [7, 11) is 0. The summed E-state index contributed by atoms with van der Waals surface area (Å²) >= 11 is 0. The molecule has 7 nitrogen and oxygen atoms in total. The number of nitrogens with zero attached hydrogens (tertiary/aromatic N) is 3. The SMILES string of the molecule is CCCCn1cc(C(N)=O)c2cc(-c3cc(C(=O)O)ccn3)ncc21. The van der Waals surface area contributed by atoms with Gasteiger partial charge >= 0.3 is 5.97 Å². The molecule has 0 saturated carbocycles. The number of hydrogen-bond donors (Lipinski definition) is 2. The normalized spacial score (nSPS) is 10.9. The van der Waals surface area contributed by atoms with Crippen molar-refractivity contribution in [2.24, 2.45) is 5.73 Å². The number of carboxylic acid groups (broad SMARTS) is 1. The Bertz CT molecular complexity index is 962. The lowest BCUT2D eigenvalue weighted by Gasteiger charge is -2.05. The molecule has 0 unspecified atom stereocenters. The number of carboxylic acids is 1. The van der Waals surface area contributed by atoms with E-state index in [1.807, 2.05) is 4.57 Å². The van der Waals surface area contributed by atoms with Crippen LogP contribution in [-0.2, 0) is 6.54 Å². The Morgan fingerprint density at radius 2 is 2.00 bits per heavy atom. The minimum atomic E-state index is -1.03. The fourth-order valence-electron chi connectivity index (χ4n) is 2.74. The summed E-state index contributed by atoms with van der Waals surface area (Å²) in [6, 6.07) is 4.60. The monoisotopic (exact) mass is 338 g/mol. The zero-order chi connectivity index (χ0) is 18.0. The number of unbranched alkanes of at least 4 members (excludes halogenated alkanes) is 1. The molecule has 3 N–H and O–H groups in total. The van der Waals surface area contributed by atoms with Gasteiger partial charge in [-0.3, -0.25) is 14.8 Å². The van der Waals surface area contributed by atoms with E-state index in [0.717, 1.165) is 24.9 Å². The van der Waals surface area contributed by atoms with E-state index in [4.69, 9.17) is 10.8 Å². The van der Waals surface area contributed by atoms with E-state index in [-0.39, 0.29) is 5.56 Å². The number of pyridine rings is 2. The molecule has 3 heterocycles. The van der Waals surface area contributed by atoms with Crippen molar-refractivity contribution in [3.05, 3.63) is 47.9 Å². The van der Waals surface area contributed by atoms with E-state index < -0.39 is 11.9 Å². The van der Waals surface area contributed by atoms with E-state index in [9.17, 15) is 9.59 Å². The standard InChI is InChI=1S/C18H18N4O3/c1-2-3-6-22-10-13(17(19)23)12-8-15(21-9-16(12)22)14-7-11(18(24)25)4-5-20-14/h4-5,7-10H,2-3,6H2,1H3,(H2,19,23)(H,24,25). The van der Waals surface area contributed by atoms with Gasteiger partial charge in [0.15, 0.2) is 0 Å². The third kappa shape index (κ3) is 3.21. The second-order valence-corrected chi connectivity index (χ2v) is 5.78. The molecule has 0 radical (unpaired) electrons. The quantitative estimate of drug-likeness (QED) is 0.718. The van der Waals surface area contributed by atoms with Crippen molar-refractivity contribution in [1.82, 2.24) is 14.5 Å². The second-order valence-electron chi connectivity index (χ2n) is 5.78. The van der Waals surface area contributed by atoms with Crippen LogP contribution >= 0.6 is 0 Å². The lowest BCUT2D eigenvalue weighted by molar-refractivity contribution is 0.0696. The highest BCUT2D eigenvalue weighted by Gasteiger charge is 2.15. The van der Waals surface area contributed by atoms with Crippen molar-refractivity contribution in [2.75, 3.05) is 0 Å². The molecule has 0 bridgehead atoms. The summed E-state index contributed by atoms with van der Waals surface area (Å²) in [5.74, 6) is -1.54. The number of primary amides is 1. The van der Waals surface area contributed by atoms with Crippen LogP contribution in [-0.4, -0.2) is 31.5 Å². The summed E-state index contributed by atoms with van der Waals surface area (Å²) in [4.78, 5) is 31.5. The fraction of sp³-hybridized carbons (Fsp3) is 0.222. The molecule has 0 atom stereocenters. The lowest BCUT2D eigenvalue weighted by atomic mass is 10.1. The van der Waals surface area contributed by atoms with Crippen molar-refractivity contribution in [2.45, 2.75) is 26.3 Å². The molecule has 0 saturated heterocycles. The van der Waals surface area contributed by atoms with E-state index >= 15 is 0 Å². The molecule has 3 aromatic heterocycles. The number of aryl methyl sites for hydroxylation is 1. The minimum Gasteiger partial charge on any atom is -0.478 e. The minimum absolute atomic E-state index is 0.127. The smallest absolute Gasteiger partial charge is 0.335 e. The number of rotatable bonds is 6. The number of aromatic nitrogens is 3. The van der Waals surface area contributed by atoms with Gasteiger partial charge in [0.25, 0.3) is 5.91 Å². The predicted molar refractivity (Wildman–Crippen MR) is 93.3 cm³/mol. The Labute approximate surface area is 144 Å². The van der Waals surface area contributed by atoms with Crippen molar-refractivity contribution in [3.8, 4) is 11.4 Å². The fourth-order valence-corrected chi connectivity index (χ4v) is 2.74. The van der Waals surface area contributed by atoms with Crippen LogP contribution in [0.5, 0.6) is 0 Å². The highest BCUT2D eigenvalue weighted by Crippen LogP contribution is 2.26. The maximum Gasteiger partial charge on any atom is 0.335 e. The van der Waals surface area contributed by atoms with Crippen molar-refractivity contribution in [1.29, 1.82) is 0 Å². The molecule has 0 spiro atoms. The van der Waals surface area contributed by atoms with E-state index in [1.165, 1.54) is 18.3 Å². The van der Waals surface area contributed by atoms with Gasteiger partial charge in [-0.1, -0.05) is 13.3 Å². The molecule has 3 rings (SSSR count). The molecular formula is C18H18N4O3. The van der Waals surface area contributed by atoms with Crippen LogP contribution < -0.4 is 5.73 Å². The molecule has 0 fully saturated rings. The van der Waals surface area contributed by atoms with Crippen LogP contribution in [0.15, 0.2) is 36.8 Å². The van der Waals surface area contributed by atoms with Gasteiger partial charge in [0, 0.05) is 24.3 Å². The Morgan fingerprint density at radius 3 is 2.68 bits per heavy atom. The van der Waals surface area contributed by atoms with Gasteiger partial charge in [0.05, 0.1) is 34.2 Å². The van der Waals surface area contributed by atoms with Gasteiger partial charge in [-0.25, -0.2) is 4.79 Å². The predicted octanol–water partition coefficient (Wildman–Crippen LogP) is 2.70. The molecule has 0 aliphatic carbocycles. The van der Waals surface area contributed by atoms with Crippen LogP contribution in [0.25, 0.3) is 22.3 Å². The third-order valence-electron chi connectivity index (χ3n) is 4.05. The average molecular weight is 338 g/mol. The van der Waals surface area contributed by atoms with Gasteiger partial charge in [0.2, 0.25) is 0 Å². The molecule has 3 aromatic rings. The summed E-state index contributed by atoms with van der Waals surface area (Å²) in [5, 5.41) is 9.81. The van der Waals surface area contributed by atoms with Crippen molar-refractivity contribution >= 4 is 22.8 Å². The molecule has 0 aromatic carbocycles. The van der Waals surface area contributed by atoms with Gasteiger partial charge in [-0.2, -0.15) is 0 Å². The van der Waals surface area contributed by atoms with Crippen LogP contribution in [0.2, 0.25) is 0 Å². The maximum absolute atomic E-state index is 11.8. The Balaban J connectivity index is 2.13. The van der Waals surface area contributed by atoms with Gasteiger partial charge in [-0.05, 0) is 24.6 Å². The second kappa shape index (κ2) is 6.72. The Kier molecular flexibility index (Phi) is 4.47. The maximum atomic E-state index is 11.8. The summed E-state index contributed by atoms with van der Waals surface area (Å²) in [5.41, 5.74) is 7.80. The first-order valence-corrected chi connectivity index (χ1v) is 7.99. The molecule has 0 aliphatic rings. The molecule has 7 heteroatoms. The molecule has 128 valence electrons. The van der Waals surface area contributed by atoms with Crippen LogP contribution in [0.3, 0.4) is 0 Å². The van der Waals surface area contributed by atoms with Gasteiger partial charge < -0.3 is 15.4 Å². The number of amides is 1. The van der Waals surface area contributed by atoms with Crippen molar-refractivity contribution in [3.63, 3.8) is 0 Å². The zero-order valence-electron chi connectivity index (χ0n) is 13.8. The summed E-state index contributed by atoms with van der Waals surface area (Å²) in [6.45, 7) is 2.87. The summed E-state index contributed by atoms with van der Waals surface area (Å²) < 4.78 is 1.97. The number of nitrogens with two attached hydrogens (primary N) is 1. The van der Waals surface area contributed by atoms with Crippen LogP contribution in [0, 0.1) is 0 Å². The van der Waals surface area contributed by atoms with E-state index in [1.54, 1.807) is 18.5 Å². The molecule has 1 amide bonds. The van der Waals surface area contributed by atoms with Crippen molar-refractivity contribution < 1.29 is 14.7 Å². The number of carbonyl (C=O) groups excluding carboxylic acids is 1. The first-order chi connectivity index (χ1) is 12.0. The number of fused-ring (bicyclic) bond motifs is 1. The lowest BCUT2D eigenvalue weighted by Crippen LogP contribution is -2.10. The zero-order valence-corrected chi connectivity index (χ0v) is 13.8.